The molecule has 1 aromatic carbocycles. The second-order valence-electron chi connectivity index (χ2n) is 5.35. The Bertz CT molecular complexity index is 473. The van der Waals surface area contributed by atoms with Gasteiger partial charge < -0.3 is 5.32 Å². The van der Waals surface area contributed by atoms with E-state index >= 15 is 0 Å². The fourth-order valence-corrected chi connectivity index (χ4v) is 2.73. The van der Waals surface area contributed by atoms with E-state index in [4.69, 9.17) is 12.2 Å². The van der Waals surface area contributed by atoms with E-state index in [0.29, 0.717) is 5.11 Å². The molecule has 0 spiro atoms. The summed E-state index contributed by atoms with van der Waals surface area (Å²) in [5, 5.41) is 7.64. The maximum Gasteiger partial charge on any atom is 0.186 e. The first-order valence-electron chi connectivity index (χ1n) is 7.33. The smallest absolute Gasteiger partial charge is 0.186 e. The number of rotatable bonds is 3. The Kier molecular flexibility index (Phi) is 5.53. The van der Waals surface area contributed by atoms with Crippen molar-refractivity contribution in [3.05, 3.63) is 35.4 Å². The minimum Gasteiger partial charge on any atom is -0.364 e. The minimum atomic E-state index is 0.531. The largest absolute Gasteiger partial charge is 0.364 e. The molecule has 0 atom stereocenters. The molecule has 0 bridgehead atoms. The Morgan fingerprint density at radius 2 is 1.80 bits per heavy atom. The quantitative estimate of drug-likeness (QED) is 0.507. The Balaban J connectivity index is 2.01. The molecule has 0 unspecified atom stereocenters. The number of benzene rings is 1. The van der Waals surface area contributed by atoms with E-state index < -0.39 is 0 Å². The number of hydrazone groups is 1. The molecule has 0 aliphatic heterocycles. The standard InChI is InChI=1S/C16H23N3S/c1-12(18-19-16(20)17-2)13-8-10-15(11-9-13)14-6-4-3-5-7-14/h8-11,14H,3-7H2,1-2H3,(H2,17,19,20)/b18-12+. The van der Waals surface area contributed by atoms with E-state index in [9.17, 15) is 0 Å². The van der Waals surface area contributed by atoms with E-state index in [2.05, 4.69) is 40.1 Å². The van der Waals surface area contributed by atoms with Gasteiger partial charge in [-0.2, -0.15) is 5.10 Å². The Morgan fingerprint density at radius 3 is 2.40 bits per heavy atom. The van der Waals surface area contributed by atoms with Gasteiger partial charge in [0, 0.05) is 7.05 Å². The molecular formula is C16H23N3S. The maximum absolute atomic E-state index is 5.00. The molecule has 2 N–H and O–H groups in total. The summed E-state index contributed by atoms with van der Waals surface area (Å²) in [7, 11) is 1.78. The van der Waals surface area contributed by atoms with Crippen LogP contribution in [0.15, 0.2) is 29.4 Å². The third-order valence-corrected chi connectivity index (χ3v) is 4.25. The summed E-state index contributed by atoms with van der Waals surface area (Å²) in [5.41, 5.74) is 6.37. The van der Waals surface area contributed by atoms with Gasteiger partial charge in [0.1, 0.15) is 0 Å². The molecule has 0 aromatic heterocycles. The van der Waals surface area contributed by atoms with Crippen molar-refractivity contribution in [3.63, 3.8) is 0 Å². The first-order valence-corrected chi connectivity index (χ1v) is 7.74. The molecule has 20 heavy (non-hydrogen) atoms. The number of hydrogen-bond acceptors (Lipinski definition) is 2. The predicted molar refractivity (Wildman–Crippen MR) is 89.3 cm³/mol. The lowest BCUT2D eigenvalue weighted by atomic mass is 9.84. The zero-order chi connectivity index (χ0) is 14.4. The number of nitrogens with zero attached hydrogens (tertiary/aromatic N) is 1. The molecule has 0 saturated heterocycles. The lowest BCUT2D eigenvalue weighted by molar-refractivity contribution is 0.443. The second-order valence-corrected chi connectivity index (χ2v) is 5.75. The molecule has 1 aliphatic carbocycles. The Labute approximate surface area is 126 Å². The topological polar surface area (TPSA) is 36.4 Å². The Morgan fingerprint density at radius 1 is 1.15 bits per heavy atom. The fourth-order valence-electron chi connectivity index (χ4n) is 2.69. The van der Waals surface area contributed by atoms with Crippen LogP contribution >= 0.6 is 12.2 Å². The van der Waals surface area contributed by atoms with Gasteiger partial charge in [0.2, 0.25) is 0 Å². The van der Waals surface area contributed by atoms with Crippen LogP contribution in [0.25, 0.3) is 0 Å². The van der Waals surface area contributed by atoms with Gasteiger partial charge in [-0.15, -0.1) is 0 Å². The zero-order valence-electron chi connectivity index (χ0n) is 12.3. The molecule has 108 valence electrons. The highest BCUT2D eigenvalue weighted by atomic mass is 32.1. The number of hydrogen-bond donors (Lipinski definition) is 2. The third kappa shape index (κ3) is 4.04. The maximum atomic E-state index is 5.00. The van der Waals surface area contributed by atoms with Crippen molar-refractivity contribution >= 4 is 23.0 Å². The molecule has 0 radical (unpaired) electrons. The van der Waals surface area contributed by atoms with Crippen molar-refractivity contribution < 1.29 is 0 Å². The second kappa shape index (κ2) is 7.39. The summed E-state index contributed by atoms with van der Waals surface area (Å²) in [6.45, 7) is 1.99. The van der Waals surface area contributed by atoms with Crippen molar-refractivity contribution in [2.75, 3.05) is 7.05 Å². The molecule has 1 aromatic rings. The molecule has 1 saturated carbocycles. The van der Waals surface area contributed by atoms with E-state index in [-0.39, 0.29) is 0 Å². The van der Waals surface area contributed by atoms with Crippen LogP contribution in [-0.2, 0) is 0 Å². The molecule has 3 nitrogen and oxygen atoms in total. The lowest BCUT2D eigenvalue weighted by Gasteiger charge is -2.22. The Hall–Kier alpha value is -1.42. The van der Waals surface area contributed by atoms with Gasteiger partial charge >= 0.3 is 0 Å². The van der Waals surface area contributed by atoms with Gasteiger partial charge in [0.15, 0.2) is 5.11 Å². The average molecular weight is 289 g/mol. The van der Waals surface area contributed by atoms with Gasteiger partial charge in [-0.3, -0.25) is 5.43 Å². The highest BCUT2D eigenvalue weighted by Gasteiger charge is 2.15. The van der Waals surface area contributed by atoms with Gasteiger partial charge in [-0.05, 0) is 49.0 Å². The van der Waals surface area contributed by atoms with Crippen LogP contribution in [0.3, 0.4) is 0 Å². The minimum absolute atomic E-state index is 0.531. The number of nitrogens with one attached hydrogen (secondary N) is 2. The summed E-state index contributed by atoms with van der Waals surface area (Å²) in [4.78, 5) is 0. The van der Waals surface area contributed by atoms with Gasteiger partial charge in [0.05, 0.1) is 5.71 Å². The van der Waals surface area contributed by atoms with Crippen molar-refractivity contribution in [3.8, 4) is 0 Å². The summed E-state index contributed by atoms with van der Waals surface area (Å²) >= 11 is 5.00. The van der Waals surface area contributed by atoms with E-state index in [1.165, 1.54) is 37.7 Å². The molecule has 2 rings (SSSR count). The van der Waals surface area contributed by atoms with Crippen molar-refractivity contribution in [1.82, 2.24) is 10.7 Å². The van der Waals surface area contributed by atoms with Crippen LogP contribution in [0.4, 0.5) is 0 Å². The highest BCUT2D eigenvalue weighted by molar-refractivity contribution is 7.80. The molecular weight excluding hydrogens is 266 g/mol. The molecule has 0 heterocycles. The van der Waals surface area contributed by atoms with Crippen LogP contribution in [-0.4, -0.2) is 17.9 Å². The van der Waals surface area contributed by atoms with Gasteiger partial charge in [-0.1, -0.05) is 43.5 Å². The first kappa shape index (κ1) is 15.0. The zero-order valence-corrected chi connectivity index (χ0v) is 13.1. The van der Waals surface area contributed by atoms with Crippen molar-refractivity contribution in [1.29, 1.82) is 0 Å². The normalized spacial score (nSPS) is 16.8. The average Bonchev–Trinajstić information content (AvgIpc) is 2.53. The lowest BCUT2D eigenvalue weighted by Crippen LogP contribution is -2.29. The summed E-state index contributed by atoms with van der Waals surface area (Å²) in [6, 6.07) is 8.82. The van der Waals surface area contributed by atoms with E-state index in [1.807, 2.05) is 6.92 Å². The highest BCUT2D eigenvalue weighted by Crippen LogP contribution is 2.32. The summed E-state index contributed by atoms with van der Waals surface area (Å²) in [5.74, 6) is 0.755. The molecule has 4 heteroatoms. The van der Waals surface area contributed by atoms with Crippen molar-refractivity contribution in [2.45, 2.75) is 44.9 Å². The fraction of sp³-hybridized carbons (Fsp3) is 0.500. The molecule has 1 aliphatic rings. The molecule has 0 amide bonds. The summed E-state index contributed by atoms with van der Waals surface area (Å²) < 4.78 is 0. The SMILES string of the molecule is CNC(=S)N/N=C(\C)c1ccc(C2CCCCC2)cc1. The predicted octanol–water partition coefficient (Wildman–Crippen LogP) is 3.55. The summed E-state index contributed by atoms with van der Waals surface area (Å²) in [6.07, 6.45) is 6.82. The van der Waals surface area contributed by atoms with Crippen LogP contribution in [0.1, 0.15) is 56.1 Å². The monoisotopic (exact) mass is 289 g/mol. The third-order valence-electron chi connectivity index (χ3n) is 3.96. The van der Waals surface area contributed by atoms with Gasteiger partial charge in [0.25, 0.3) is 0 Å². The molecule has 1 fully saturated rings. The first-order chi connectivity index (χ1) is 9.70. The van der Waals surface area contributed by atoms with Crippen LogP contribution in [0, 0.1) is 0 Å². The van der Waals surface area contributed by atoms with E-state index in [1.54, 1.807) is 7.05 Å². The van der Waals surface area contributed by atoms with E-state index in [0.717, 1.165) is 17.2 Å². The van der Waals surface area contributed by atoms with Crippen LogP contribution < -0.4 is 10.7 Å². The number of thiocarbonyl (C=S) groups is 1. The van der Waals surface area contributed by atoms with Crippen LogP contribution in [0.2, 0.25) is 0 Å². The van der Waals surface area contributed by atoms with Gasteiger partial charge in [-0.25, -0.2) is 0 Å². The van der Waals surface area contributed by atoms with Crippen LogP contribution in [0.5, 0.6) is 0 Å². The van der Waals surface area contributed by atoms with Crippen molar-refractivity contribution in [2.24, 2.45) is 5.10 Å².